The van der Waals surface area contributed by atoms with Crippen LogP contribution in [-0.4, -0.2) is 19.2 Å². The number of carbonyl (C=O) groups is 1. The Morgan fingerprint density at radius 3 is 2.57 bits per heavy atom. The SMILES string of the molecule is Cl.NCCNC(=O)Oc1ccccc1. The van der Waals surface area contributed by atoms with E-state index in [-0.39, 0.29) is 12.4 Å². The number of nitrogens with two attached hydrogens (primary N) is 1. The average molecular weight is 217 g/mol. The van der Waals surface area contributed by atoms with Crippen LogP contribution in [-0.2, 0) is 0 Å². The van der Waals surface area contributed by atoms with Gasteiger partial charge >= 0.3 is 6.09 Å². The number of halogens is 1. The van der Waals surface area contributed by atoms with Gasteiger partial charge in [-0.3, -0.25) is 0 Å². The molecule has 1 aromatic carbocycles. The monoisotopic (exact) mass is 216 g/mol. The second-order valence-electron chi connectivity index (χ2n) is 2.42. The molecule has 0 saturated heterocycles. The predicted octanol–water partition coefficient (Wildman–Crippen LogP) is 1.16. The van der Waals surface area contributed by atoms with E-state index in [0.29, 0.717) is 18.8 Å². The lowest BCUT2D eigenvalue weighted by atomic mass is 10.3. The largest absolute Gasteiger partial charge is 0.412 e. The van der Waals surface area contributed by atoms with E-state index in [1.807, 2.05) is 6.07 Å². The summed E-state index contributed by atoms with van der Waals surface area (Å²) in [5, 5.41) is 2.49. The second-order valence-corrected chi connectivity index (χ2v) is 2.42. The van der Waals surface area contributed by atoms with Crippen molar-refractivity contribution in [1.29, 1.82) is 0 Å². The van der Waals surface area contributed by atoms with Gasteiger partial charge in [-0.2, -0.15) is 0 Å². The number of para-hydroxylation sites is 1. The molecule has 5 heteroatoms. The molecule has 0 spiro atoms. The third-order valence-corrected chi connectivity index (χ3v) is 1.37. The number of ether oxygens (including phenoxy) is 1. The molecule has 0 bridgehead atoms. The first-order valence-corrected chi connectivity index (χ1v) is 4.03. The highest BCUT2D eigenvalue weighted by Crippen LogP contribution is 2.07. The lowest BCUT2D eigenvalue weighted by Gasteiger charge is -2.04. The Labute approximate surface area is 88.8 Å². The Morgan fingerprint density at radius 1 is 1.36 bits per heavy atom. The number of hydrogen-bond acceptors (Lipinski definition) is 3. The van der Waals surface area contributed by atoms with E-state index in [9.17, 15) is 4.79 Å². The summed E-state index contributed by atoms with van der Waals surface area (Å²) in [4.78, 5) is 11.0. The number of benzene rings is 1. The molecule has 0 aliphatic rings. The maximum absolute atomic E-state index is 11.0. The van der Waals surface area contributed by atoms with Crippen molar-refractivity contribution in [3.05, 3.63) is 30.3 Å². The van der Waals surface area contributed by atoms with Crippen LogP contribution >= 0.6 is 12.4 Å². The van der Waals surface area contributed by atoms with Crippen LogP contribution < -0.4 is 15.8 Å². The molecule has 0 radical (unpaired) electrons. The van der Waals surface area contributed by atoms with E-state index in [4.69, 9.17) is 10.5 Å². The van der Waals surface area contributed by atoms with Crippen molar-refractivity contribution in [2.24, 2.45) is 5.73 Å². The van der Waals surface area contributed by atoms with Crippen LogP contribution in [0.4, 0.5) is 4.79 Å². The molecule has 14 heavy (non-hydrogen) atoms. The quantitative estimate of drug-likeness (QED) is 0.797. The van der Waals surface area contributed by atoms with Crippen molar-refractivity contribution in [2.45, 2.75) is 0 Å². The summed E-state index contributed by atoms with van der Waals surface area (Å²) in [5.74, 6) is 0.525. The molecule has 1 amide bonds. The fourth-order valence-electron chi connectivity index (χ4n) is 0.806. The van der Waals surface area contributed by atoms with Gasteiger partial charge in [-0.05, 0) is 12.1 Å². The van der Waals surface area contributed by atoms with Crippen LogP contribution in [0.1, 0.15) is 0 Å². The molecule has 0 unspecified atom stereocenters. The molecule has 1 rings (SSSR count). The summed E-state index contributed by atoms with van der Waals surface area (Å²) in [6.07, 6.45) is -0.475. The Balaban J connectivity index is 0.00000169. The molecule has 0 aliphatic heterocycles. The van der Waals surface area contributed by atoms with Gasteiger partial charge in [-0.25, -0.2) is 4.79 Å². The summed E-state index contributed by atoms with van der Waals surface area (Å²) in [5.41, 5.74) is 5.20. The minimum absolute atomic E-state index is 0. The number of amides is 1. The lowest BCUT2D eigenvalue weighted by Crippen LogP contribution is -2.31. The molecular weight excluding hydrogens is 204 g/mol. The van der Waals surface area contributed by atoms with E-state index in [2.05, 4.69) is 5.32 Å². The average Bonchev–Trinajstić information content (AvgIpc) is 2.16. The Morgan fingerprint density at radius 2 is 2.00 bits per heavy atom. The Bertz CT molecular complexity index is 267. The summed E-state index contributed by atoms with van der Waals surface area (Å²) in [6.45, 7) is 0.829. The van der Waals surface area contributed by atoms with Crippen LogP contribution in [0.2, 0.25) is 0 Å². The van der Waals surface area contributed by atoms with Gasteiger partial charge in [0.25, 0.3) is 0 Å². The molecule has 3 N–H and O–H groups in total. The topological polar surface area (TPSA) is 64.3 Å². The number of rotatable bonds is 3. The molecule has 4 nitrogen and oxygen atoms in total. The highest BCUT2D eigenvalue weighted by atomic mass is 35.5. The zero-order valence-electron chi connectivity index (χ0n) is 7.60. The van der Waals surface area contributed by atoms with Gasteiger partial charge in [-0.1, -0.05) is 18.2 Å². The van der Waals surface area contributed by atoms with Gasteiger partial charge in [0.15, 0.2) is 0 Å². The van der Waals surface area contributed by atoms with Crippen LogP contribution in [0, 0.1) is 0 Å². The Hall–Kier alpha value is -1.26. The second kappa shape index (κ2) is 7.17. The Kier molecular flexibility index (Phi) is 6.53. The highest BCUT2D eigenvalue weighted by molar-refractivity contribution is 5.85. The molecule has 1 aromatic rings. The van der Waals surface area contributed by atoms with Crippen molar-refractivity contribution < 1.29 is 9.53 Å². The fourth-order valence-corrected chi connectivity index (χ4v) is 0.806. The first-order valence-electron chi connectivity index (χ1n) is 4.03. The molecule has 0 saturated carbocycles. The molecule has 0 atom stereocenters. The molecular formula is C9H13ClN2O2. The highest BCUT2D eigenvalue weighted by Gasteiger charge is 2.00. The summed E-state index contributed by atoms with van der Waals surface area (Å²) in [7, 11) is 0. The van der Waals surface area contributed by atoms with Crippen molar-refractivity contribution >= 4 is 18.5 Å². The van der Waals surface area contributed by atoms with Crippen LogP contribution in [0.5, 0.6) is 5.75 Å². The predicted molar refractivity (Wildman–Crippen MR) is 56.8 cm³/mol. The normalized spacial score (nSPS) is 8.64. The van der Waals surface area contributed by atoms with Gasteiger partial charge in [-0.15, -0.1) is 12.4 Å². The number of carbonyl (C=O) groups excluding carboxylic acids is 1. The maximum atomic E-state index is 11.0. The van der Waals surface area contributed by atoms with Crippen molar-refractivity contribution in [3.8, 4) is 5.75 Å². The van der Waals surface area contributed by atoms with Gasteiger partial charge in [0.1, 0.15) is 5.75 Å². The van der Waals surface area contributed by atoms with Crippen LogP contribution in [0.25, 0.3) is 0 Å². The minimum Gasteiger partial charge on any atom is -0.410 e. The van der Waals surface area contributed by atoms with Crippen molar-refractivity contribution in [2.75, 3.05) is 13.1 Å². The van der Waals surface area contributed by atoms with E-state index in [1.54, 1.807) is 24.3 Å². The fraction of sp³-hybridized carbons (Fsp3) is 0.222. The zero-order valence-corrected chi connectivity index (χ0v) is 8.42. The van der Waals surface area contributed by atoms with E-state index >= 15 is 0 Å². The number of nitrogens with one attached hydrogen (secondary N) is 1. The molecule has 0 aliphatic carbocycles. The van der Waals surface area contributed by atoms with Crippen molar-refractivity contribution in [1.82, 2.24) is 5.32 Å². The lowest BCUT2D eigenvalue weighted by molar-refractivity contribution is 0.201. The minimum atomic E-state index is -0.475. The van der Waals surface area contributed by atoms with Gasteiger partial charge in [0.05, 0.1) is 0 Å². The van der Waals surface area contributed by atoms with Gasteiger partial charge in [0.2, 0.25) is 0 Å². The molecule has 0 fully saturated rings. The first-order chi connectivity index (χ1) is 6.33. The van der Waals surface area contributed by atoms with Gasteiger partial charge in [0, 0.05) is 13.1 Å². The molecule has 0 aromatic heterocycles. The summed E-state index contributed by atoms with van der Waals surface area (Å²) >= 11 is 0. The van der Waals surface area contributed by atoms with Gasteiger partial charge < -0.3 is 15.8 Å². The maximum Gasteiger partial charge on any atom is 0.412 e. The van der Waals surface area contributed by atoms with E-state index < -0.39 is 6.09 Å². The van der Waals surface area contributed by atoms with Crippen LogP contribution in [0.3, 0.4) is 0 Å². The van der Waals surface area contributed by atoms with Crippen LogP contribution in [0.15, 0.2) is 30.3 Å². The van der Waals surface area contributed by atoms with E-state index in [1.165, 1.54) is 0 Å². The number of hydrogen-bond donors (Lipinski definition) is 2. The van der Waals surface area contributed by atoms with E-state index in [0.717, 1.165) is 0 Å². The molecule has 0 heterocycles. The third-order valence-electron chi connectivity index (χ3n) is 1.37. The standard InChI is InChI=1S/C9H12N2O2.ClH/c10-6-7-11-9(12)13-8-4-2-1-3-5-8;/h1-5H,6-7,10H2,(H,11,12);1H. The molecule has 78 valence electrons. The third kappa shape index (κ3) is 4.69. The zero-order chi connectivity index (χ0) is 9.52. The smallest absolute Gasteiger partial charge is 0.410 e. The first kappa shape index (κ1) is 12.7. The van der Waals surface area contributed by atoms with Crippen molar-refractivity contribution in [3.63, 3.8) is 0 Å². The summed E-state index contributed by atoms with van der Waals surface area (Å²) < 4.78 is 4.91. The summed E-state index contributed by atoms with van der Waals surface area (Å²) in [6, 6.07) is 8.87.